The third-order valence-corrected chi connectivity index (χ3v) is 5.67. The molecule has 2 aromatic carbocycles. The van der Waals surface area contributed by atoms with Crippen LogP contribution in [0.2, 0.25) is 5.02 Å². The molecule has 0 aliphatic rings. The Morgan fingerprint density at radius 1 is 1.23 bits per heavy atom. The van der Waals surface area contributed by atoms with Crippen molar-refractivity contribution in [3.8, 4) is 5.75 Å². The second-order valence-corrected chi connectivity index (χ2v) is 8.16. The maximum absolute atomic E-state index is 12.6. The molecular formula is C18H21ClN2O4S. The number of likely N-dealkylation sites (N-methyl/N-ethyl adjacent to an activating group) is 1. The van der Waals surface area contributed by atoms with Crippen LogP contribution in [0.4, 0.5) is 5.69 Å². The number of carbonyl (C=O) groups is 1. The molecule has 0 heterocycles. The van der Waals surface area contributed by atoms with Crippen molar-refractivity contribution in [2.75, 3.05) is 25.5 Å². The third kappa shape index (κ3) is 4.97. The number of sulfonamides is 1. The molecule has 0 bridgehead atoms. The highest BCUT2D eigenvalue weighted by molar-refractivity contribution is 7.89. The van der Waals surface area contributed by atoms with Gasteiger partial charge in [-0.1, -0.05) is 23.7 Å². The Kier molecular flexibility index (Phi) is 6.63. The number of carbonyl (C=O) groups excluding carboxylic acids is 1. The number of amides is 1. The molecule has 0 radical (unpaired) electrons. The normalized spacial score (nSPS) is 11.4. The van der Waals surface area contributed by atoms with Gasteiger partial charge in [-0.15, -0.1) is 0 Å². The monoisotopic (exact) mass is 396 g/mol. The summed E-state index contributed by atoms with van der Waals surface area (Å²) in [4.78, 5) is 12.2. The Hall–Kier alpha value is -2.09. The number of aryl methyl sites for hydroxylation is 1. The second kappa shape index (κ2) is 8.53. The topological polar surface area (TPSA) is 75.7 Å². The quantitative estimate of drug-likeness (QED) is 0.779. The van der Waals surface area contributed by atoms with E-state index in [1.54, 1.807) is 12.1 Å². The molecule has 0 spiro atoms. The summed E-state index contributed by atoms with van der Waals surface area (Å²) < 4.78 is 31.6. The first-order chi connectivity index (χ1) is 12.2. The minimum Gasteiger partial charge on any atom is -0.492 e. The Labute approximate surface area is 158 Å². The summed E-state index contributed by atoms with van der Waals surface area (Å²) in [6.45, 7) is 3.81. The summed E-state index contributed by atoms with van der Waals surface area (Å²) in [6.07, 6.45) is 0. The van der Waals surface area contributed by atoms with Crippen molar-refractivity contribution < 1.29 is 17.9 Å². The lowest BCUT2D eigenvalue weighted by molar-refractivity contribution is -0.116. The van der Waals surface area contributed by atoms with E-state index >= 15 is 0 Å². The van der Waals surface area contributed by atoms with E-state index in [0.29, 0.717) is 18.0 Å². The van der Waals surface area contributed by atoms with Crippen LogP contribution in [-0.4, -0.2) is 38.8 Å². The van der Waals surface area contributed by atoms with Crippen molar-refractivity contribution in [2.24, 2.45) is 0 Å². The van der Waals surface area contributed by atoms with Gasteiger partial charge in [0.05, 0.1) is 23.1 Å². The van der Waals surface area contributed by atoms with Gasteiger partial charge < -0.3 is 10.1 Å². The number of nitrogens with one attached hydrogen (secondary N) is 1. The highest BCUT2D eigenvalue weighted by Crippen LogP contribution is 2.28. The van der Waals surface area contributed by atoms with Gasteiger partial charge in [0, 0.05) is 12.7 Å². The summed E-state index contributed by atoms with van der Waals surface area (Å²) >= 11 is 6.06. The molecule has 1 amide bonds. The number of hydrogen-bond acceptors (Lipinski definition) is 4. The zero-order valence-electron chi connectivity index (χ0n) is 14.8. The van der Waals surface area contributed by atoms with E-state index in [-0.39, 0.29) is 16.5 Å². The molecule has 140 valence electrons. The van der Waals surface area contributed by atoms with E-state index in [9.17, 15) is 13.2 Å². The summed E-state index contributed by atoms with van der Waals surface area (Å²) in [5.41, 5.74) is 1.61. The van der Waals surface area contributed by atoms with Crippen LogP contribution in [-0.2, 0) is 14.8 Å². The van der Waals surface area contributed by atoms with Crippen LogP contribution in [0.3, 0.4) is 0 Å². The Bertz CT molecular complexity index is 900. The molecule has 0 aliphatic heterocycles. The van der Waals surface area contributed by atoms with Crippen LogP contribution < -0.4 is 10.1 Å². The van der Waals surface area contributed by atoms with Gasteiger partial charge in [-0.2, -0.15) is 4.31 Å². The van der Waals surface area contributed by atoms with Gasteiger partial charge in [-0.25, -0.2) is 8.42 Å². The molecule has 0 saturated heterocycles. The molecule has 0 saturated carbocycles. The van der Waals surface area contributed by atoms with Crippen molar-refractivity contribution in [1.29, 1.82) is 0 Å². The van der Waals surface area contributed by atoms with Gasteiger partial charge >= 0.3 is 0 Å². The average Bonchev–Trinajstić information content (AvgIpc) is 2.56. The van der Waals surface area contributed by atoms with E-state index in [2.05, 4.69) is 5.32 Å². The number of ether oxygens (including phenoxy) is 1. The fourth-order valence-electron chi connectivity index (χ4n) is 2.31. The van der Waals surface area contributed by atoms with Crippen molar-refractivity contribution in [3.63, 3.8) is 0 Å². The second-order valence-electron chi connectivity index (χ2n) is 5.70. The predicted octanol–water partition coefficient (Wildman–Crippen LogP) is 3.31. The zero-order chi connectivity index (χ0) is 19.3. The molecule has 0 aromatic heterocycles. The first-order valence-corrected chi connectivity index (χ1v) is 9.81. The summed E-state index contributed by atoms with van der Waals surface area (Å²) in [7, 11) is -2.51. The number of nitrogens with zero attached hydrogens (tertiary/aromatic N) is 1. The highest BCUT2D eigenvalue weighted by atomic mass is 35.5. The maximum Gasteiger partial charge on any atom is 0.243 e. The number of anilines is 1. The number of rotatable bonds is 7. The minimum atomic E-state index is -3.86. The molecule has 6 nitrogen and oxygen atoms in total. The molecule has 26 heavy (non-hydrogen) atoms. The van der Waals surface area contributed by atoms with Crippen LogP contribution >= 0.6 is 11.6 Å². The molecule has 0 unspecified atom stereocenters. The Balaban J connectivity index is 2.10. The van der Waals surface area contributed by atoms with Crippen molar-refractivity contribution >= 4 is 33.2 Å². The minimum absolute atomic E-state index is 0.00295. The number of halogens is 1. The van der Waals surface area contributed by atoms with Crippen LogP contribution in [0.5, 0.6) is 5.75 Å². The van der Waals surface area contributed by atoms with Gasteiger partial charge in [0.2, 0.25) is 15.9 Å². The van der Waals surface area contributed by atoms with Crippen LogP contribution in [0.1, 0.15) is 12.5 Å². The van der Waals surface area contributed by atoms with Gasteiger partial charge in [0.1, 0.15) is 5.75 Å². The smallest absolute Gasteiger partial charge is 0.243 e. The van der Waals surface area contributed by atoms with E-state index in [0.717, 1.165) is 9.87 Å². The molecule has 0 aliphatic carbocycles. The summed E-state index contributed by atoms with van der Waals surface area (Å²) in [5, 5.41) is 2.88. The van der Waals surface area contributed by atoms with E-state index in [1.165, 1.54) is 25.2 Å². The largest absolute Gasteiger partial charge is 0.492 e. The molecule has 2 aromatic rings. The third-order valence-electron chi connectivity index (χ3n) is 3.58. The fourth-order valence-corrected chi connectivity index (χ4v) is 3.76. The number of benzene rings is 2. The Morgan fingerprint density at radius 3 is 2.58 bits per heavy atom. The lowest BCUT2D eigenvalue weighted by atomic mass is 10.2. The highest BCUT2D eigenvalue weighted by Gasteiger charge is 2.24. The zero-order valence-corrected chi connectivity index (χ0v) is 16.4. The molecule has 0 atom stereocenters. The average molecular weight is 397 g/mol. The molecule has 2 rings (SSSR count). The van der Waals surface area contributed by atoms with Gasteiger partial charge in [0.15, 0.2) is 0 Å². The van der Waals surface area contributed by atoms with Crippen molar-refractivity contribution in [3.05, 3.63) is 53.1 Å². The lowest BCUT2D eigenvalue weighted by Gasteiger charge is -2.17. The molecular weight excluding hydrogens is 376 g/mol. The van der Waals surface area contributed by atoms with Gasteiger partial charge in [-0.05, 0) is 49.7 Å². The van der Waals surface area contributed by atoms with E-state index in [4.69, 9.17) is 16.3 Å². The van der Waals surface area contributed by atoms with Gasteiger partial charge in [0.25, 0.3) is 0 Å². The molecule has 8 heteroatoms. The first kappa shape index (κ1) is 20.2. The number of hydrogen-bond donors (Lipinski definition) is 1. The standard InChI is InChI=1S/C18H21ClN2O4S/c1-4-25-17-9-8-15(11-16(17)19)26(23,24)21(3)12-18(22)20-14-7-5-6-13(2)10-14/h5-11H,4,12H2,1-3H3,(H,20,22). The van der Waals surface area contributed by atoms with E-state index < -0.39 is 15.9 Å². The van der Waals surface area contributed by atoms with Crippen molar-refractivity contribution in [2.45, 2.75) is 18.7 Å². The maximum atomic E-state index is 12.6. The lowest BCUT2D eigenvalue weighted by Crippen LogP contribution is -2.35. The van der Waals surface area contributed by atoms with Crippen LogP contribution in [0.15, 0.2) is 47.4 Å². The van der Waals surface area contributed by atoms with E-state index in [1.807, 2.05) is 26.0 Å². The Morgan fingerprint density at radius 2 is 1.96 bits per heavy atom. The van der Waals surface area contributed by atoms with Crippen LogP contribution in [0, 0.1) is 6.92 Å². The molecule has 0 fully saturated rings. The SMILES string of the molecule is CCOc1ccc(S(=O)(=O)N(C)CC(=O)Nc2cccc(C)c2)cc1Cl. The fraction of sp³-hybridized carbons (Fsp3) is 0.278. The molecule has 1 N–H and O–H groups in total. The van der Waals surface area contributed by atoms with Crippen LogP contribution in [0.25, 0.3) is 0 Å². The first-order valence-electron chi connectivity index (χ1n) is 7.99. The van der Waals surface area contributed by atoms with Gasteiger partial charge in [-0.3, -0.25) is 4.79 Å². The van der Waals surface area contributed by atoms with Crippen molar-refractivity contribution in [1.82, 2.24) is 4.31 Å². The summed E-state index contributed by atoms with van der Waals surface area (Å²) in [6, 6.07) is 11.5. The summed E-state index contributed by atoms with van der Waals surface area (Å²) in [5.74, 6) is -0.0216. The predicted molar refractivity (Wildman–Crippen MR) is 102 cm³/mol.